The van der Waals surface area contributed by atoms with Crippen molar-refractivity contribution in [1.29, 1.82) is 5.26 Å². The molecule has 4 nitrogen and oxygen atoms in total. The van der Waals surface area contributed by atoms with E-state index in [2.05, 4.69) is 0 Å². The highest BCUT2D eigenvalue weighted by atomic mass is 35.5. The zero-order chi connectivity index (χ0) is 12.0. The maximum Gasteiger partial charge on any atom is 0.340 e. The number of para-hydroxylation sites is 1. The van der Waals surface area contributed by atoms with Crippen LogP contribution in [0.5, 0.6) is 0 Å². The summed E-state index contributed by atoms with van der Waals surface area (Å²) in [5.41, 5.74) is 6.10. The number of nitrogens with two attached hydrogens (primary N) is 1. The summed E-state index contributed by atoms with van der Waals surface area (Å²) in [6, 6.07) is 6.74. The summed E-state index contributed by atoms with van der Waals surface area (Å²) in [7, 11) is 0. The van der Waals surface area contributed by atoms with Gasteiger partial charge in [0, 0.05) is 6.42 Å². The van der Waals surface area contributed by atoms with Gasteiger partial charge in [-0.2, -0.15) is 5.26 Å². The highest BCUT2D eigenvalue weighted by molar-refractivity contribution is 6.33. The van der Waals surface area contributed by atoms with Gasteiger partial charge in [0.2, 0.25) is 0 Å². The van der Waals surface area contributed by atoms with Crippen molar-refractivity contribution in [3.8, 4) is 6.07 Å². The first-order chi connectivity index (χ1) is 7.66. The van der Waals surface area contributed by atoms with E-state index < -0.39 is 5.97 Å². The number of unbranched alkanes of at least 4 members (excludes halogenated alkanes) is 1. The van der Waals surface area contributed by atoms with Crippen LogP contribution in [0.25, 0.3) is 0 Å². The summed E-state index contributed by atoms with van der Waals surface area (Å²) in [5, 5.41) is 8.63. The monoisotopic (exact) mass is 238 g/mol. The van der Waals surface area contributed by atoms with E-state index in [4.69, 9.17) is 27.3 Å². The molecular weight excluding hydrogens is 228 g/mol. The van der Waals surface area contributed by atoms with E-state index in [1.807, 2.05) is 6.07 Å². The fraction of sp³-hybridized carbons (Fsp3) is 0.273. The zero-order valence-electron chi connectivity index (χ0n) is 8.57. The van der Waals surface area contributed by atoms with Crippen LogP contribution in [0.15, 0.2) is 18.2 Å². The Morgan fingerprint density at radius 3 is 3.00 bits per heavy atom. The molecule has 0 saturated heterocycles. The summed E-state index contributed by atoms with van der Waals surface area (Å²) in [5.74, 6) is -0.516. The molecule has 0 aliphatic carbocycles. The molecule has 0 amide bonds. The van der Waals surface area contributed by atoms with E-state index in [-0.39, 0.29) is 17.9 Å². The maximum atomic E-state index is 11.5. The number of benzene rings is 1. The molecule has 1 aromatic rings. The number of ether oxygens (including phenoxy) is 1. The van der Waals surface area contributed by atoms with Gasteiger partial charge in [-0.25, -0.2) is 4.79 Å². The van der Waals surface area contributed by atoms with Gasteiger partial charge < -0.3 is 10.5 Å². The number of rotatable bonds is 4. The Hall–Kier alpha value is -1.73. The Labute approximate surface area is 98.6 Å². The standard InChI is InChI=1S/C11H11ClN2O2/c12-9-5-3-4-8(10(9)14)11(15)16-7-2-1-6-13/h3-5H,1-2,7,14H2. The van der Waals surface area contributed by atoms with Gasteiger partial charge in [-0.3, -0.25) is 0 Å². The van der Waals surface area contributed by atoms with E-state index in [9.17, 15) is 4.79 Å². The molecule has 0 aliphatic heterocycles. The molecule has 0 bridgehead atoms. The second-order valence-electron chi connectivity index (χ2n) is 3.10. The maximum absolute atomic E-state index is 11.5. The minimum Gasteiger partial charge on any atom is -0.462 e. The fourth-order valence-electron chi connectivity index (χ4n) is 1.11. The second kappa shape index (κ2) is 5.99. The lowest BCUT2D eigenvalue weighted by Crippen LogP contribution is -2.09. The molecule has 1 rings (SSSR count). The molecular formula is C11H11ClN2O2. The van der Waals surface area contributed by atoms with E-state index in [1.165, 1.54) is 0 Å². The van der Waals surface area contributed by atoms with E-state index in [0.717, 1.165) is 0 Å². The van der Waals surface area contributed by atoms with Gasteiger partial charge in [-0.1, -0.05) is 17.7 Å². The van der Waals surface area contributed by atoms with Crippen LogP contribution in [0.1, 0.15) is 23.2 Å². The molecule has 16 heavy (non-hydrogen) atoms. The van der Waals surface area contributed by atoms with E-state index in [1.54, 1.807) is 18.2 Å². The van der Waals surface area contributed by atoms with Crippen molar-refractivity contribution in [2.75, 3.05) is 12.3 Å². The van der Waals surface area contributed by atoms with Gasteiger partial charge >= 0.3 is 5.97 Å². The van der Waals surface area contributed by atoms with Crippen molar-refractivity contribution in [2.24, 2.45) is 0 Å². The predicted octanol–water partition coefficient (Wildman–Crippen LogP) is 2.38. The molecule has 0 aliphatic rings. The molecule has 0 radical (unpaired) electrons. The molecule has 0 unspecified atom stereocenters. The SMILES string of the molecule is N#CCCCOC(=O)c1cccc(Cl)c1N. The summed E-state index contributed by atoms with van der Waals surface area (Å²) in [4.78, 5) is 11.5. The number of hydrogen-bond donors (Lipinski definition) is 1. The number of hydrogen-bond acceptors (Lipinski definition) is 4. The lowest BCUT2D eigenvalue weighted by Gasteiger charge is -2.06. The quantitative estimate of drug-likeness (QED) is 0.496. The van der Waals surface area contributed by atoms with Crippen LogP contribution in [0, 0.1) is 11.3 Å². The lowest BCUT2D eigenvalue weighted by molar-refractivity contribution is 0.0503. The molecule has 0 spiro atoms. The van der Waals surface area contributed by atoms with Crippen molar-refractivity contribution in [3.63, 3.8) is 0 Å². The first-order valence-corrected chi connectivity index (χ1v) is 5.12. The summed E-state index contributed by atoms with van der Waals surface area (Å²) in [6.07, 6.45) is 0.876. The highest BCUT2D eigenvalue weighted by Crippen LogP contribution is 2.22. The molecule has 0 aromatic heterocycles. The zero-order valence-corrected chi connectivity index (χ0v) is 9.33. The van der Waals surface area contributed by atoms with Crippen LogP contribution in [-0.2, 0) is 4.74 Å². The van der Waals surface area contributed by atoms with Crippen molar-refractivity contribution in [2.45, 2.75) is 12.8 Å². The number of nitrogen functional groups attached to an aromatic ring is 1. The van der Waals surface area contributed by atoms with Gasteiger partial charge in [0.05, 0.1) is 28.9 Å². The number of esters is 1. The third kappa shape index (κ3) is 3.14. The minimum absolute atomic E-state index is 0.207. The average molecular weight is 239 g/mol. The molecule has 2 N–H and O–H groups in total. The normalized spacial score (nSPS) is 9.50. The van der Waals surface area contributed by atoms with Crippen LogP contribution in [0.2, 0.25) is 5.02 Å². The topological polar surface area (TPSA) is 76.1 Å². The number of anilines is 1. The van der Waals surface area contributed by atoms with Gasteiger partial charge in [0.25, 0.3) is 0 Å². The second-order valence-corrected chi connectivity index (χ2v) is 3.51. The van der Waals surface area contributed by atoms with Gasteiger partial charge in [-0.05, 0) is 18.6 Å². The molecule has 0 fully saturated rings. The smallest absolute Gasteiger partial charge is 0.340 e. The molecule has 5 heteroatoms. The Kier molecular flexibility index (Phi) is 4.62. The number of carbonyl (C=O) groups is 1. The Bertz CT molecular complexity index is 426. The number of nitriles is 1. The van der Waals surface area contributed by atoms with E-state index >= 15 is 0 Å². The van der Waals surface area contributed by atoms with Crippen molar-refractivity contribution < 1.29 is 9.53 Å². The Morgan fingerprint density at radius 2 is 2.31 bits per heavy atom. The minimum atomic E-state index is -0.516. The molecule has 0 heterocycles. The summed E-state index contributed by atoms with van der Waals surface area (Å²) >= 11 is 5.77. The third-order valence-corrected chi connectivity index (χ3v) is 2.27. The average Bonchev–Trinajstić information content (AvgIpc) is 2.28. The van der Waals surface area contributed by atoms with Crippen molar-refractivity contribution in [3.05, 3.63) is 28.8 Å². The molecule has 1 aromatic carbocycles. The van der Waals surface area contributed by atoms with Gasteiger partial charge in [0.15, 0.2) is 0 Å². The first-order valence-electron chi connectivity index (χ1n) is 4.75. The molecule has 0 saturated carbocycles. The first kappa shape index (κ1) is 12.3. The van der Waals surface area contributed by atoms with Crippen LogP contribution >= 0.6 is 11.6 Å². The Balaban J connectivity index is 2.60. The largest absolute Gasteiger partial charge is 0.462 e. The third-order valence-electron chi connectivity index (χ3n) is 1.94. The molecule has 84 valence electrons. The van der Waals surface area contributed by atoms with Crippen LogP contribution in [0.3, 0.4) is 0 Å². The summed E-state index contributed by atoms with van der Waals surface area (Å²) < 4.78 is 4.94. The highest BCUT2D eigenvalue weighted by Gasteiger charge is 2.12. The number of halogens is 1. The van der Waals surface area contributed by atoms with Crippen LogP contribution < -0.4 is 5.73 Å². The molecule has 0 atom stereocenters. The predicted molar refractivity (Wildman–Crippen MR) is 61.0 cm³/mol. The van der Waals surface area contributed by atoms with Gasteiger partial charge in [0.1, 0.15) is 0 Å². The van der Waals surface area contributed by atoms with Crippen molar-refractivity contribution >= 4 is 23.3 Å². The van der Waals surface area contributed by atoms with Crippen LogP contribution in [-0.4, -0.2) is 12.6 Å². The van der Waals surface area contributed by atoms with Crippen LogP contribution in [0.4, 0.5) is 5.69 Å². The number of nitrogens with zero attached hydrogens (tertiary/aromatic N) is 1. The van der Waals surface area contributed by atoms with E-state index in [0.29, 0.717) is 17.9 Å². The summed E-state index contributed by atoms with van der Waals surface area (Å²) in [6.45, 7) is 0.207. The Morgan fingerprint density at radius 1 is 1.56 bits per heavy atom. The number of carbonyl (C=O) groups excluding carboxylic acids is 1. The lowest BCUT2D eigenvalue weighted by atomic mass is 10.2. The fourth-order valence-corrected chi connectivity index (χ4v) is 1.28. The van der Waals surface area contributed by atoms with Crippen molar-refractivity contribution in [1.82, 2.24) is 0 Å². The van der Waals surface area contributed by atoms with Gasteiger partial charge in [-0.15, -0.1) is 0 Å².